The fourth-order valence-electron chi connectivity index (χ4n) is 14.7. The third-order valence-electron chi connectivity index (χ3n) is 18.3. The maximum Gasteiger partial charge on any atom is 0.339 e. The van der Waals surface area contributed by atoms with E-state index in [4.69, 9.17) is 33.2 Å². The minimum Gasteiger partial charge on any atom is -0.461 e. The number of carbonyl (C=O) groups excluding carboxylic acids is 3. The summed E-state index contributed by atoms with van der Waals surface area (Å²) in [6, 6.07) is 28.7. The van der Waals surface area contributed by atoms with E-state index in [0.717, 1.165) is 79.5 Å². The summed E-state index contributed by atoms with van der Waals surface area (Å²) in [6.45, 7) is 12.9. The van der Waals surface area contributed by atoms with E-state index in [1.54, 1.807) is 0 Å². The quantitative estimate of drug-likeness (QED) is 0.0715. The zero-order valence-electron chi connectivity index (χ0n) is 42.3. The van der Waals surface area contributed by atoms with Crippen LogP contribution in [0.3, 0.4) is 0 Å². The predicted octanol–water partition coefficient (Wildman–Crippen LogP) is 10.8. The molecule has 0 bridgehead atoms. The summed E-state index contributed by atoms with van der Waals surface area (Å²) in [7, 11) is 0. The van der Waals surface area contributed by atoms with E-state index in [-0.39, 0.29) is 59.3 Å². The van der Waals surface area contributed by atoms with Crippen LogP contribution < -0.4 is 0 Å². The van der Waals surface area contributed by atoms with Crippen LogP contribution in [0.4, 0.5) is 0 Å². The van der Waals surface area contributed by atoms with Crippen molar-refractivity contribution in [1.82, 2.24) is 4.90 Å². The predicted molar refractivity (Wildman–Crippen MR) is 274 cm³/mol. The Balaban J connectivity index is 0.858. The number of rotatable bonds is 11. The molecular formula is C60H75NO10. The lowest BCUT2D eigenvalue weighted by Gasteiger charge is -2.63. The SMILES string of the molecule is C[C@H](CCC(=O)OCc1ccccc1)[C@H]1CC[C@H]2[C@@H]3[C@H](OC(=O)CN4CCOCCOCCOCCOCC4)C[C@@H]4C[C@H](OC(=O)c5ccc6ccc7cccc8ccc5c6c78)CC[C@]4(C)[C@H]3CC[C@]12C. The third kappa shape index (κ3) is 10.7. The summed E-state index contributed by atoms with van der Waals surface area (Å²) >= 11 is 0. The highest BCUT2D eigenvalue weighted by molar-refractivity contribution is 6.26. The molecule has 10 rings (SSSR count). The summed E-state index contributed by atoms with van der Waals surface area (Å²) < 4.78 is 42.3. The molecule has 1 saturated heterocycles. The molecule has 0 unspecified atom stereocenters. The highest BCUT2D eigenvalue weighted by Gasteiger charge is 2.64. The average Bonchev–Trinajstić information content (AvgIpc) is 3.73. The molecule has 71 heavy (non-hydrogen) atoms. The smallest absolute Gasteiger partial charge is 0.339 e. The van der Waals surface area contributed by atoms with Gasteiger partial charge in [0.1, 0.15) is 18.8 Å². The average molecular weight is 970 g/mol. The summed E-state index contributed by atoms with van der Waals surface area (Å²) in [4.78, 5) is 43.9. The Bertz CT molecular complexity index is 2570. The van der Waals surface area contributed by atoms with Crippen LogP contribution in [0.5, 0.6) is 0 Å². The van der Waals surface area contributed by atoms with Crippen LogP contribution in [0, 0.1) is 46.3 Å². The van der Waals surface area contributed by atoms with Crippen LogP contribution in [0.25, 0.3) is 32.3 Å². The summed E-state index contributed by atoms with van der Waals surface area (Å²) in [5.74, 6) is 1.41. The van der Waals surface area contributed by atoms with E-state index in [0.29, 0.717) is 108 Å². The zero-order valence-corrected chi connectivity index (χ0v) is 42.3. The first-order valence-corrected chi connectivity index (χ1v) is 26.9. The van der Waals surface area contributed by atoms with Gasteiger partial charge in [-0.05, 0) is 142 Å². The van der Waals surface area contributed by atoms with Crippen molar-refractivity contribution in [2.24, 2.45) is 46.3 Å². The molecule has 4 aliphatic carbocycles. The molecule has 0 aromatic heterocycles. The first kappa shape index (κ1) is 49.9. The lowest BCUT2D eigenvalue weighted by Crippen LogP contribution is -2.59. The molecule has 380 valence electrons. The van der Waals surface area contributed by atoms with Crippen molar-refractivity contribution in [2.45, 2.75) is 104 Å². The molecule has 11 nitrogen and oxygen atoms in total. The van der Waals surface area contributed by atoms with Crippen molar-refractivity contribution >= 4 is 50.2 Å². The number of ether oxygens (including phenoxy) is 7. The fourth-order valence-corrected chi connectivity index (χ4v) is 14.7. The van der Waals surface area contributed by atoms with Crippen LogP contribution >= 0.6 is 0 Å². The summed E-state index contributed by atoms with van der Waals surface area (Å²) in [5, 5.41) is 6.68. The molecule has 0 spiro atoms. The second kappa shape index (κ2) is 22.2. The van der Waals surface area contributed by atoms with E-state index < -0.39 is 0 Å². The highest BCUT2D eigenvalue weighted by Crippen LogP contribution is 2.69. The van der Waals surface area contributed by atoms with Crippen molar-refractivity contribution < 1.29 is 47.5 Å². The normalized spacial score (nSPS) is 30.6. The standard InChI is InChI=1S/C60H75NO10/c1-40(12-21-53(62)69-39-41-8-5-4-6-9-41)49-19-20-50-57-51(23-25-60(49,50)3)59(2)24-22-46(70-58(64)48-18-16-44-14-13-42-10-7-11-43-15-17-47(48)56(44)55(42)43)36-45(59)37-52(57)71-54(63)38-61-26-28-65-30-32-67-34-35-68-33-31-66-29-27-61/h4-11,13-18,40,45-46,49-52,57H,12,19-39H2,1-3H3/t40-,45+,46-,49-,50+,51+,52-,57+,59+,60-/m1/s1. The molecule has 10 atom stereocenters. The van der Waals surface area contributed by atoms with Gasteiger partial charge in [0.05, 0.1) is 65.0 Å². The maximum absolute atomic E-state index is 14.5. The van der Waals surface area contributed by atoms with E-state index in [1.165, 1.54) is 16.2 Å². The van der Waals surface area contributed by atoms with E-state index in [1.807, 2.05) is 36.4 Å². The van der Waals surface area contributed by atoms with Crippen molar-refractivity contribution in [3.05, 3.63) is 96.1 Å². The fraction of sp³-hybridized carbons (Fsp3) is 0.583. The summed E-state index contributed by atoms with van der Waals surface area (Å²) in [5.41, 5.74) is 1.69. The Morgan fingerprint density at radius 1 is 0.648 bits per heavy atom. The Kier molecular flexibility index (Phi) is 15.6. The van der Waals surface area contributed by atoms with Crippen LogP contribution in [0.1, 0.15) is 101 Å². The van der Waals surface area contributed by atoms with E-state index in [2.05, 4.69) is 74.2 Å². The summed E-state index contributed by atoms with van der Waals surface area (Å²) in [6.07, 6.45) is 8.40. The number of benzene rings is 5. The molecule has 4 saturated carbocycles. The van der Waals surface area contributed by atoms with E-state index in [9.17, 15) is 14.4 Å². The van der Waals surface area contributed by atoms with Gasteiger partial charge in [0.2, 0.25) is 0 Å². The largest absolute Gasteiger partial charge is 0.461 e. The van der Waals surface area contributed by atoms with Crippen LogP contribution in [-0.2, 0) is 49.4 Å². The van der Waals surface area contributed by atoms with Crippen molar-refractivity contribution in [1.29, 1.82) is 0 Å². The lowest BCUT2D eigenvalue weighted by molar-refractivity contribution is -0.196. The molecule has 5 aliphatic rings. The monoisotopic (exact) mass is 970 g/mol. The Hall–Kier alpha value is -4.65. The Morgan fingerprint density at radius 2 is 1.28 bits per heavy atom. The van der Waals surface area contributed by atoms with Gasteiger partial charge in [-0.3, -0.25) is 14.5 Å². The first-order valence-electron chi connectivity index (χ1n) is 26.9. The number of esters is 3. The molecule has 5 aromatic rings. The second-order valence-electron chi connectivity index (χ2n) is 22.1. The molecular weight excluding hydrogens is 895 g/mol. The molecule has 0 amide bonds. The van der Waals surface area contributed by atoms with Crippen LogP contribution in [-0.4, -0.2) is 108 Å². The molecule has 5 fully saturated rings. The maximum atomic E-state index is 14.5. The molecule has 5 aromatic carbocycles. The topological polar surface area (TPSA) is 119 Å². The van der Waals surface area contributed by atoms with E-state index >= 15 is 0 Å². The second-order valence-corrected chi connectivity index (χ2v) is 22.1. The molecule has 11 heteroatoms. The first-order chi connectivity index (χ1) is 34.6. The van der Waals surface area contributed by atoms with Gasteiger partial charge in [-0.15, -0.1) is 0 Å². The number of hydrogen-bond donors (Lipinski definition) is 0. The number of nitrogens with zero attached hydrogens (tertiary/aromatic N) is 1. The van der Waals surface area contributed by atoms with Gasteiger partial charge in [0.25, 0.3) is 0 Å². The van der Waals surface area contributed by atoms with Crippen molar-refractivity contribution in [3.8, 4) is 0 Å². The van der Waals surface area contributed by atoms with Gasteiger partial charge in [-0.25, -0.2) is 4.79 Å². The number of carbonyl (C=O) groups is 3. The molecule has 1 heterocycles. The van der Waals surface area contributed by atoms with Crippen molar-refractivity contribution in [2.75, 3.05) is 72.5 Å². The minimum absolute atomic E-state index is 0.0205. The van der Waals surface area contributed by atoms with Crippen LogP contribution in [0.2, 0.25) is 0 Å². The Labute approximate surface area is 419 Å². The van der Waals surface area contributed by atoms with Crippen LogP contribution in [0.15, 0.2) is 84.9 Å². The third-order valence-corrected chi connectivity index (χ3v) is 18.3. The molecule has 0 radical (unpaired) electrons. The van der Waals surface area contributed by atoms with Gasteiger partial charge in [0.15, 0.2) is 0 Å². The zero-order chi connectivity index (χ0) is 49.0. The minimum atomic E-state index is -0.266. The lowest BCUT2D eigenvalue weighted by atomic mass is 9.43. The van der Waals surface area contributed by atoms with Gasteiger partial charge in [-0.1, -0.05) is 99.6 Å². The highest BCUT2D eigenvalue weighted by atomic mass is 16.6. The molecule has 1 aliphatic heterocycles. The number of hydrogen-bond acceptors (Lipinski definition) is 11. The van der Waals surface area contributed by atoms with Gasteiger partial charge in [-0.2, -0.15) is 0 Å². The Morgan fingerprint density at radius 3 is 2.00 bits per heavy atom. The van der Waals surface area contributed by atoms with Gasteiger partial charge < -0.3 is 33.2 Å². The molecule has 0 N–H and O–H groups in total. The van der Waals surface area contributed by atoms with Gasteiger partial charge in [0, 0.05) is 25.4 Å². The van der Waals surface area contributed by atoms with Crippen molar-refractivity contribution in [3.63, 3.8) is 0 Å². The van der Waals surface area contributed by atoms with Gasteiger partial charge >= 0.3 is 17.9 Å². The number of fused-ring (bicyclic) bond motifs is 5.